The third kappa shape index (κ3) is 7.41. The number of hydrogen-bond donors (Lipinski definition) is 2. The predicted molar refractivity (Wildman–Crippen MR) is 79.0 cm³/mol. The Kier molecular flexibility index (Phi) is 7.39. The van der Waals surface area contributed by atoms with Gasteiger partial charge in [0.1, 0.15) is 5.82 Å². The summed E-state index contributed by atoms with van der Waals surface area (Å²) in [4.78, 5) is 24.8. The van der Waals surface area contributed by atoms with E-state index in [1.165, 1.54) is 12.1 Å². The Morgan fingerprint density at radius 2 is 2.00 bits per heavy atom. The van der Waals surface area contributed by atoms with Gasteiger partial charge in [-0.15, -0.1) is 0 Å². The maximum atomic E-state index is 13.0. The topological polar surface area (TPSA) is 61.4 Å². The second-order valence-electron chi connectivity index (χ2n) is 4.93. The summed E-state index contributed by atoms with van der Waals surface area (Å²) in [6.07, 6.45) is 0.857. The highest BCUT2D eigenvalue weighted by atomic mass is 19.1. The van der Waals surface area contributed by atoms with E-state index in [1.807, 2.05) is 6.92 Å². The number of benzene rings is 1. The minimum Gasteiger partial charge on any atom is -0.355 e. The molecule has 1 aromatic rings. The molecule has 0 saturated carbocycles. The summed E-state index contributed by atoms with van der Waals surface area (Å²) >= 11 is 0. The van der Waals surface area contributed by atoms with Crippen molar-refractivity contribution < 1.29 is 14.0 Å². The largest absolute Gasteiger partial charge is 0.355 e. The van der Waals surface area contributed by atoms with E-state index in [0.29, 0.717) is 13.1 Å². The Bertz CT molecular complexity index is 480. The van der Waals surface area contributed by atoms with Gasteiger partial charge in [-0.1, -0.05) is 19.1 Å². The number of carbonyl (C=O) groups excluding carboxylic acids is 2. The normalized spacial score (nSPS) is 10.5. The van der Waals surface area contributed by atoms with Crippen molar-refractivity contribution >= 4 is 11.8 Å². The smallest absolute Gasteiger partial charge is 0.239 e. The van der Waals surface area contributed by atoms with Crippen LogP contribution in [-0.4, -0.2) is 43.4 Å². The van der Waals surface area contributed by atoms with E-state index in [1.54, 1.807) is 24.1 Å². The molecule has 1 rings (SSSR count). The Hall–Kier alpha value is -1.95. The number of likely N-dealkylation sites (N-methyl/N-ethyl adjacent to an activating group) is 1. The lowest BCUT2D eigenvalue weighted by molar-refractivity contribution is -0.126. The molecule has 1 aromatic carbocycles. The molecule has 0 radical (unpaired) electrons. The molecule has 5 nitrogen and oxygen atoms in total. The van der Waals surface area contributed by atoms with Gasteiger partial charge in [-0.2, -0.15) is 0 Å². The molecular formula is C15H22FN3O2. The van der Waals surface area contributed by atoms with Gasteiger partial charge >= 0.3 is 0 Å². The predicted octanol–water partition coefficient (Wildman–Crippen LogP) is 0.900. The quantitative estimate of drug-likeness (QED) is 0.749. The molecular weight excluding hydrogens is 273 g/mol. The number of nitrogens with zero attached hydrogens (tertiary/aromatic N) is 1. The first-order valence-corrected chi connectivity index (χ1v) is 6.97. The fraction of sp³-hybridized carbons (Fsp3) is 0.467. The summed E-state index contributed by atoms with van der Waals surface area (Å²) in [5.74, 6) is -0.725. The van der Waals surface area contributed by atoms with Crippen LogP contribution in [0, 0.1) is 5.82 Å². The van der Waals surface area contributed by atoms with Crippen molar-refractivity contribution in [2.75, 3.05) is 26.7 Å². The third-order valence-corrected chi connectivity index (χ3v) is 2.77. The first-order chi connectivity index (χ1) is 10.0. The average molecular weight is 295 g/mol. The zero-order chi connectivity index (χ0) is 15.7. The minimum absolute atomic E-state index is 0.0212. The highest BCUT2D eigenvalue weighted by molar-refractivity contribution is 5.85. The molecule has 116 valence electrons. The van der Waals surface area contributed by atoms with E-state index in [9.17, 15) is 14.0 Å². The van der Waals surface area contributed by atoms with Crippen LogP contribution in [0.2, 0.25) is 0 Å². The monoisotopic (exact) mass is 295 g/mol. The maximum absolute atomic E-state index is 13.0. The van der Waals surface area contributed by atoms with E-state index < -0.39 is 0 Å². The number of carbonyl (C=O) groups is 2. The van der Waals surface area contributed by atoms with Crippen molar-refractivity contribution in [1.29, 1.82) is 0 Å². The van der Waals surface area contributed by atoms with Crippen LogP contribution in [0.4, 0.5) is 4.39 Å². The fourth-order valence-corrected chi connectivity index (χ4v) is 1.81. The molecule has 2 N–H and O–H groups in total. The molecule has 0 bridgehead atoms. The minimum atomic E-state index is -0.294. The summed E-state index contributed by atoms with van der Waals surface area (Å²) in [6.45, 7) is 3.16. The van der Waals surface area contributed by atoms with Crippen molar-refractivity contribution in [3.63, 3.8) is 0 Å². The Labute approximate surface area is 124 Å². The van der Waals surface area contributed by atoms with Gasteiger partial charge in [-0.05, 0) is 31.2 Å². The van der Waals surface area contributed by atoms with Crippen LogP contribution in [0.25, 0.3) is 0 Å². The summed E-state index contributed by atoms with van der Waals surface area (Å²) in [5, 5.41) is 5.23. The van der Waals surface area contributed by atoms with Crippen LogP contribution in [0.1, 0.15) is 18.9 Å². The van der Waals surface area contributed by atoms with Crippen LogP contribution in [-0.2, 0) is 16.1 Å². The number of amides is 2. The Morgan fingerprint density at radius 1 is 1.24 bits per heavy atom. The number of nitrogens with one attached hydrogen (secondary N) is 2. The number of hydrogen-bond acceptors (Lipinski definition) is 3. The van der Waals surface area contributed by atoms with Gasteiger partial charge in [0.2, 0.25) is 11.8 Å². The second kappa shape index (κ2) is 9.07. The van der Waals surface area contributed by atoms with Gasteiger partial charge in [-0.3, -0.25) is 14.5 Å². The van der Waals surface area contributed by atoms with E-state index in [0.717, 1.165) is 12.0 Å². The molecule has 0 aliphatic heterocycles. The van der Waals surface area contributed by atoms with E-state index in [4.69, 9.17) is 0 Å². The summed E-state index contributed by atoms with van der Waals surface area (Å²) in [5.41, 5.74) is 0.797. The first-order valence-electron chi connectivity index (χ1n) is 6.97. The molecule has 0 saturated heterocycles. The Morgan fingerprint density at radius 3 is 2.67 bits per heavy atom. The summed E-state index contributed by atoms with van der Waals surface area (Å²) < 4.78 is 13.0. The van der Waals surface area contributed by atoms with Crippen LogP contribution < -0.4 is 10.6 Å². The lowest BCUT2D eigenvalue weighted by atomic mass is 10.2. The van der Waals surface area contributed by atoms with Crippen molar-refractivity contribution in [2.45, 2.75) is 19.9 Å². The SMILES string of the molecule is CCCNC(=O)CNC(=O)CN(C)Cc1cccc(F)c1. The number of halogens is 1. The van der Waals surface area contributed by atoms with E-state index in [2.05, 4.69) is 10.6 Å². The Balaban J connectivity index is 2.29. The zero-order valence-electron chi connectivity index (χ0n) is 12.5. The van der Waals surface area contributed by atoms with Crippen LogP contribution in [0.3, 0.4) is 0 Å². The lowest BCUT2D eigenvalue weighted by Gasteiger charge is -2.16. The first kappa shape index (κ1) is 17.1. The molecule has 0 aromatic heterocycles. The molecule has 0 aliphatic carbocycles. The summed E-state index contributed by atoms with van der Waals surface area (Å²) in [7, 11) is 1.77. The second-order valence-corrected chi connectivity index (χ2v) is 4.93. The summed E-state index contributed by atoms with van der Waals surface area (Å²) in [6, 6.07) is 6.25. The van der Waals surface area contributed by atoms with Crippen molar-refractivity contribution in [3.8, 4) is 0 Å². The van der Waals surface area contributed by atoms with Crippen molar-refractivity contribution in [1.82, 2.24) is 15.5 Å². The van der Waals surface area contributed by atoms with E-state index in [-0.39, 0.29) is 30.7 Å². The van der Waals surface area contributed by atoms with Gasteiger partial charge < -0.3 is 10.6 Å². The standard InChI is InChI=1S/C15H22FN3O2/c1-3-7-17-14(20)9-18-15(21)11-19(2)10-12-5-4-6-13(16)8-12/h4-6,8H,3,7,9-11H2,1-2H3,(H,17,20)(H,18,21). The highest BCUT2D eigenvalue weighted by Crippen LogP contribution is 2.05. The van der Waals surface area contributed by atoms with Crippen LogP contribution >= 0.6 is 0 Å². The maximum Gasteiger partial charge on any atom is 0.239 e. The van der Waals surface area contributed by atoms with Crippen LogP contribution in [0.15, 0.2) is 24.3 Å². The van der Waals surface area contributed by atoms with Crippen LogP contribution in [0.5, 0.6) is 0 Å². The van der Waals surface area contributed by atoms with Gasteiger partial charge in [-0.25, -0.2) is 4.39 Å². The van der Waals surface area contributed by atoms with Gasteiger partial charge in [0.05, 0.1) is 13.1 Å². The van der Waals surface area contributed by atoms with Gasteiger partial charge in [0.15, 0.2) is 0 Å². The lowest BCUT2D eigenvalue weighted by Crippen LogP contribution is -2.41. The van der Waals surface area contributed by atoms with Crippen molar-refractivity contribution in [3.05, 3.63) is 35.6 Å². The molecule has 0 aliphatic rings. The van der Waals surface area contributed by atoms with Gasteiger partial charge in [0, 0.05) is 13.1 Å². The molecule has 6 heteroatoms. The number of rotatable bonds is 8. The zero-order valence-corrected chi connectivity index (χ0v) is 12.5. The molecule has 2 amide bonds. The molecule has 0 unspecified atom stereocenters. The molecule has 0 spiro atoms. The molecule has 21 heavy (non-hydrogen) atoms. The molecule has 0 heterocycles. The van der Waals surface area contributed by atoms with Crippen molar-refractivity contribution in [2.24, 2.45) is 0 Å². The molecule has 0 fully saturated rings. The van der Waals surface area contributed by atoms with E-state index >= 15 is 0 Å². The highest BCUT2D eigenvalue weighted by Gasteiger charge is 2.09. The molecule has 0 atom stereocenters. The fourth-order valence-electron chi connectivity index (χ4n) is 1.81. The van der Waals surface area contributed by atoms with Gasteiger partial charge in [0.25, 0.3) is 0 Å². The average Bonchev–Trinajstić information content (AvgIpc) is 2.42. The third-order valence-electron chi connectivity index (χ3n) is 2.77.